The number of hydrogen-bond donors (Lipinski definition) is 1. The largest absolute Gasteiger partial charge is 0.372 e. The lowest BCUT2D eigenvalue weighted by Gasteiger charge is -2.20. The zero-order valence-electron chi connectivity index (χ0n) is 18.1. The van der Waals surface area contributed by atoms with Crippen LogP contribution in [0.2, 0.25) is 0 Å². The Labute approximate surface area is 178 Å². The minimum atomic E-state index is -0.235. The van der Waals surface area contributed by atoms with E-state index in [2.05, 4.69) is 46.5 Å². The number of aromatic nitrogens is 2. The van der Waals surface area contributed by atoms with Crippen molar-refractivity contribution in [1.82, 2.24) is 15.2 Å². The summed E-state index contributed by atoms with van der Waals surface area (Å²) in [5, 5.41) is 8.59. The summed E-state index contributed by atoms with van der Waals surface area (Å²) in [7, 11) is 0. The molecule has 30 heavy (non-hydrogen) atoms. The molecule has 1 aromatic heterocycles. The Morgan fingerprint density at radius 3 is 2.47 bits per heavy atom. The molecule has 3 rings (SSSR count). The maximum atomic E-state index is 12.5. The molecule has 0 bridgehead atoms. The Hall–Kier alpha value is -3.41. The average molecular weight is 404 g/mol. The van der Waals surface area contributed by atoms with Gasteiger partial charge in [0.2, 0.25) is 0 Å². The van der Waals surface area contributed by atoms with Gasteiger partial charge < -0.3 is 4.90 Å². The van der Waals surface area contributed by atoms with Crippen molar-refractivity contribution >= 4 is 17.8 Å². The van der Waals surface area contributed by atoms with Crippen LogP contribution >= 0.6 is 0 Å². The lowest BCUT2D eigenvalue weighted by molar-refractivity contribution is 0.0955. The first-order chi connectivity index (χ1) is 14.5. The minimum absolute atomic E-state index is 0.235. The Kier molecular flexibility index (Phi) is 7.01. The molecule has 0 aliphatic heterocycles. The maximum absolute atomic E-state index is 12.5. The number of hydrazone groups is 1. The van der Waals surface area contributed by atoms with Gasteiger partial charge in [0.15, 0.2) is 0 Å². The van der Waals surface area contributed by atoms with E-state index in [-0.39, 0.29) is 5.91 Å². The molecule has 0 aliphatic rings. The SMILES string of the molecule is CCN(CC)c1ccc(C=NNC(=O)c2cccc(Cn3nc(C)cc3C)c2)cc1. The fourth-order valence-electron chi connectivity index (χ4n) is 3.41. The first-order valence-corrected chi connectivity index (χ1v) is 10.3. The smallest absolute Gasteiger partial charge is 0.271 e. The van der Waals surface area contributed by atoms with Gasteiger partial charge in [-0.3, -0.25) is 9.48 Å². The van der Waals surface area contributed by atoms with Gasteiger partial charge in [-0.2, -0.15) is 10.2 Å². The second kappa shape index (κ2) is 9.87. The second-order valence-electron chi connectivity index (χ2n) is 7.25. The van der Waals surface area contributed by atoms with Crippen molar-refractivity contribution in [2.24, 2.45) is 5.10 Å². The lowest BCUT2D eigenvalue weighted by Crippen LogP contribution is -2.21. The third kappa shape index (κ3) is 5.35. The third-order valence-corrected chi connectivity index (χ3v) is 5.03. The number of amides is 1. The van der Waals surface area contributed by atoms with Crippen LogP contribution in [0.4, 0.5) is 5.69 Å². The summed E-state index contributed by atoms with van der Waals surface area (Å²) in [6.07, 6.45) is 1.66. The Morgan fingerprint density at radius 2 is 1.83 bits per heavy atom. The highest BCUT2D eigenvalue weighted by molar-refractivity contribution is 5.95. The molecule has 2 aromatic carbocycles. The van der Waals surface area contributed by atoms with Crippen LogP contribution in [0.1, 0.15) is 46.7 Å². The number of rotatable bonds is 8. The zero-order chi connectivity index (χ0) is 21.5. The fourth-order valence-corrected chi connectivity index (χ4v) is 3.41. The van der Waals surface area contributed by atoms with Crippen molar-refractivity contribution in [3.05, 3.63) is 82.7 Å². The van der Waals surface area contributed by atoms with Crippen LogP contribution in [0.15, 0.2) is 59.7 Å². The highest BCUT2D eigenvalue weighted by Gasteiger charge is 2.07. The number of carbonyl (C=O) groups excluding carboxylic acids is 1. The lowest BCUT2D eigenvalue weighted by atomic mass is 10.1. The molecular formula is C24H29N5O. The number of benzene rings is 2. The highest BCUT2D eigenvalue weighted by Crippen LogP contribution is 2.14. The molecule has 6 heteroatoms. The molecule has 0 spiro atoms. The van der Waals surface area contributed by atoms with Gasteiger partial charge in [-0.15, -0.1) is 0 Å². The van der Waals surface area contributed by atoms with Gasteiger partial charge in [0, 0.05) is 30.0 Å². The van der Waals surface area contributed by atoms with E-state index in [1.165, 1.54) is 5.69 Å². The number of anilines is 1. The van der Waals surface area contributed by atoms with Gasteiger partial charge in [0.05, 0.1) is 18.5 Å². The van der Waals surface area contributed by atoms with Crippen LogP contribution in [0, 0.1) is 13.8 Å². The summed E-state index contributed by atoms with van der Waals surface area (Å²) in [6, 6.07) is 17.7. The van der Waals surface area contributed by atoms with Crippen LogP contribution in [0.5, 0.6) is 0 Å². The highest BCUT2D eigenvalue weighted by atomic mass is 16.2. The van der Waals surface area contributed by atoms with Crippen LogP contribution in [0.25, 0.3) is 0 Å². The van der Waals surface area contributed by atoms with Crippen LogP contribution in [-0.4, -0.2) is 35.0 Å². The van der Waals surface area contributed by atoms with Crippen LogP contribution < -0.4 is 10.3 Å². The van der Waals surface area contributed by atoms with E-state index in [0.717, 1.165) is 35.6 Å². The molecule has 0 unspecified atom stereocenters. The van der Waals surface area contributed by atoms with Crippen molar-refractivity contribution < 1.29 is 4.79 Å². The van der Waals surface area contributed by atoms with Gasteiger partial charge in [0.25, 0.3) is 5.91 Å². The maximum Gasteiger partial charge on any atom is 0.271 e. The van der Waals surface area contributed by atoms with Gasteiger partial charge in [0.1, 0.15) is 0 Å². The van der Waals surface area contributed by atoms with Crippen LogP contribution in [0.3, 0.4) is 0 Å². The molecule has 6 nitrogen and oxygen atoms in total. The normalized spacial score (nSPS) is 11.1. The zero-order valence-corrected chi connectivity index (χ0v) is 18.1. The number of nitrogens with zero attached hydrogens (tertiary/aromatic N) is 4. The molecule has 0 radical (unpaired) electrons. The van der Waals surface area contributed by atoms with Crippen molar-refractivity contribution in [3.63, 3.8) is 0 Å². The number of hydrogen-bond acceptors (Lipinski definition) is 4. The van der Waals surface area contributed by atoms with Gasteiger partial charge in [-0.05, 0) is 69.2 Å². The average Bonchev–Trinajstić information content (AvgIpc) is 3.06. The molecule has 3 aromatic rings. The molecule has 0 fully saturated rings. The van der Waals surface area contributed by atoms with Crippen LogP contribution in [-0.2, 0) is 6.54 Å². The van der Waals surface area contributed by atoms with E-state index in [4.69, 9.17) is 0 Å². The van der Waals surface area contributed by atoms with E-state index < -0.39 is 0 Å². The summed E-state index contributed by atoms with van der Waals surface area (Å²) < 4.78 is 1.94. The summed E-state index contributed by atoms with van der Waals surface area (Å²) in [6.45, 7) is 10.9. The van der Waals surface area contributed by atoms with Crippen molar-refractivity contribution in [3.8, 4) is 0 Å². The first kappa shape index (κ1) is 21.3. The minimum Gasteiger partial charge on any atom is -0.372 e. The quantitative estimate of drug-likeness (QED) is 0.454. The van der Waals surface area contributed by atoms with Crippen molar-refractivity contribution in [2.45, 2.75) is 34.2 Å². The molecule has 0 saturated heterocycles. The summed E-state index contributed by atoms with van der Waals surface area (Å²) >= 11 is 0. The molecule has 1 amide bonds. The predicted molar refractivity (Wildman–Crippen MR) is 122 cm³/mol. The molecule has 1 N–H and O–H groups in total. The Balaban J connectivity index is 1.61. The summed E-state index contributed by atoms with van der Waals surface area (Å²) in [5.74, 6) is -0.235. The fraction of sp³-hybridized carbons (Fsp3) is 0.292. The number of carbonyl (C=O) groups is 1. The third-order valence-electron chi connectivity index (χ3n) is 5.03. The molecule has 0 aliphatic carbocycles. The number of aryl methyl sites for hydroxylation is 2. The van der Waals surface area contributed by atoms with Gasteiger partial charge in [-0.25, -0.2) is 5.43 Å². The van der Waals surface area contributed by atoms with Crippen molar-refractivity contribution in [1.29, 1.82) is 0 Å². The first-order valence-electron chi connectivity index (χ1n) is 10.3. The van der Waals surface area contributed by atoms with E-state index in [0.29, 0.717) is 12.1 Å². The standard InChI is InChI=1S/C24H29N5O/c1-5-28(6-2)23-12-10-20(11-13-23)16-25-26-24(30)22-9-7-8-21(15-22)17-29-19(4)14-18(3)27-29/h7-16H,5-6,17H2,1-4H3,(H,26,30). The van der Waals surface area contributed by atoms with E-state index in [1.54, 1.807) is 12.3 Å². The topological polar surface area (TPSA) is 62.5 Å². The monoisotopic (exact) mass is 403 g/mol. The van der Waals surface area contributed by atoms with Gasteiger partial charge in [-0.1, -0.05) is 24.3 Å². The van der Waals surface area contributed by atoms with E-state index in [1.807, 2.05) is 54.9 Å². The summed E-state index contributed by atoms with van der Waals surface area (Å²) in [4.78, 5) is 14.8. The second-order valence-corrected chi connectivity index (χ2v) is 7.25. The van der Waals surface area contributed by atoms with Gasteiger partial charge >= 0.3 is 0 Å². The molecule has 0 saturated carbocycles. The van der Waals surface area contributed by atoms with E-state index >= 15 is 0 Å². The number of nitrogens with one attached hydrogen (secondary N) is 1. The predicted octanol–water partition coefficient (Wildman–Crippen LogP) is 4.16. The molecular weight excluding hydrogens is 374 g/mol. The Bertz CT molecular complexity index is 1020. The Morgan fingerprint density at radius 1 is 1.10 bits per heavy atom. The summed E-state index contributed by atoms with van der Waals surface area (Å²) in [5.41, 5.74) is 8.40. The van der Waals surface area contributed by atoms with E-state index in [9.17, 15) is 4.79 Å². The molecule has 0 atom stereocenters. The molecule has 156 valence electrons. The van der Waals surface area contributed by atoms with Crippen molar-refractivity contribution in [2.75, 3.05) is 18.0 Å². The molecule has 1 heterocycles.